The number of rotatable bonds is 3. The number of amides is 2. The van der Waals surface area contributed by atoms with Gasteiger partial charge in [-0.3, -0.25) is 9.59 Å². The van der Waals surface area contributed by atoms with Gasteiger partial charge in [-0.1, -0.05) is 0 Å². The van der Waals surface area contributed by atoms with E-state index in [4.69, 9.17) is 0 Å². The molecule has 0 bridgehead atoms. The molecule has 0 fully saturated rings. The molecule has 0 saturated heterocycles. The highest BCUT2D eigenvalue weighted by Gasteiger charge is 2.24. The molecule has 0 heterocycles. The van der Waals surface area contributed by atoms with Crippen LogP contribution >= 0.6 is 0 Å². The van der Waals surface area contributed by atoms with Crippen LogP contribution in [0.2, 0.25) is 0 Å². The Bertz CT molecular complexity index is 402. The highest BCUT2D eigenvalue weighted by atomic mass is 32.2. The van der Waals surface area contributed by atoms with E-state index in [2.05, 4.69) is 11.5 Å². The summed E-state index contributed by atoms with van der Waals surface area (Å²) in [5, 5.41) is -3.63. The molecule has 0 aliphatic rings. The zero-order valence-corrected chi connectivity index (χ0v) is 8.05. The Morgan fingerprint density at radius 3 is 1.14 bits per heavy atom. The van der Waals surface area contributed by atoms with Crippen molar-refractivity contribution in [2.75, 3.05) is 0 Å². The van der Waals surface area contributed by atoms with Gasteiger partial charge in [-0.05, 0) is 0 Å². The minimum absolute atomic E-state index is 1.04. The third-order valence-electron chi connectivity index (χ3n) is 0.840. The number of carbonyl (C=O) groups excluding carboxylic acids is 2. The molecule has 6 N–H and O–H groups in total. The Morgan fingerprint density at radius 1 is 0.786 bits per heavy atom. The molecule has 12 heteroatoms. The molecule has 0 rings (SSSR count). The van der Waals surface area contributed by atoms with E-state index < -0.39 is 30.5 Å². The number of hydrogen-bond acceptors (Lipinski definition) is 6. The lowest BCUT2D eigenvalue weighted by Gasteiger charge is -2.02. The molecule has 0 aliphatic carbocycles. The van der Waals surface area contributed by atoms with Crippen LogP contribution in [0.5, 0.6) is 0 Å². The van der Waals surface area contributed by atoms with Crippen LogP contribution in [-0.2, 0) is 20.0 Å². The van der Waals surface area contributed by atoms with E-state index >= 15 is 0 Å². The lowest BCUT2D eigenvalue weighted by molar-refractivity contribution is 0.263. The van der Waals surface area contributed by atoms with Crippen molar-refractivity contribution < 1.29 is 26.4 Å². The quantitative estimate of drug-likeness (QED) is 0.383. The van der Waals surface area contributed by atoms with E-state index in [1.54, 1.807) is 0 Å². The van der Waals surface area contributed by atoms with Gasteiger partial charge in [0.1, 0.15) is 0 Å². The zero-order valence-electron chi connectivity index (χ0n) is 6.42. The maximum atomic E-state index is 10.5. The number of carbonyl (C=O) groups is 2. The molecular weight excluding hydrogens is 240 g/mol. The molecule has 14 heavy (non-hydrogen) atoms. The molecule has 0 unspecified atom stereocenters. The number of nitrogens with one attached hydrogen (secondary N) is 2. The van der Waals surface area contributed by atoms with Gasteiger partial charge < -0.3 is 11.5 Å². The highest BCUT2D eigenvalue weighted by molar-refractivity contribution is 8.07. The standard InChI is InChI=1S/C2H6N4O6S2/c3-1(7)13(9,10)5-6-14(11,12)2(4)8/h5-6H,(H2,3,7)(H2,4,8). The maximum Gasteiger partial charge on any atom is 0.350 e. The van der Waals surface area contributed by atoms with Crippen molar-refractivity contribution in [3.05, 3.63) is 0 Å². The average Bonchev–Trinajstić information content (AvgIpc) is 2.01. The second-order valence-electron chi connectivity index (χ2n) is 1.85. The van der Waals surface area contributed by atoms with Crippen LogP contribution in [0.3, 0.4) is 0 Å². The van der Waals surface area contributed by atoms with Gasteiger partial charge in [0.05, 0.1) is 0 Å². The molecule has 0 atom stereocenters. The van der Waals surface area contributed by atoms with Crippen molar-refractivity contribution in [3.63, 3.8) is 0 Å². The molecule has 0 spiro atoms. The summed E-state index contributed by atoms with van der Waals surface area (Å²) in [7, 11) is -9.35. The van der Waals surface area contributed by atoms with Gasteiger partial charge in [0.2, 0.25) is 0 Å². The van der Waals surface area contributed by atoms with E-state index in [-0.39, 0.29) is 0 Å². The molecule has 0 saturated carbocycles. The van der Waals surface area contributed by atoms with Crippen LogP contribution in [0.25, 0.3) is 0 Å². The average molecular weight is 246 g/mol. The topological polar surface area (TPSA) is 179 Å². The normalized spacial score (nSPS) is 12.3. The first-order valence-electron chi connectivity index (χ1n) is 2.72. The van der Waals surface area contributed by atoms with Gasteiger partial charge in [0.15, 0.2) is 0 Å². The lowest BCUT2D eigenvalue weighted by atomic mass is 11.5. The summed E-state index contributed by atoms with van der Waals surface area (Å²) in [6.45, 7) is 0. The van der Waals surface area contributed by atoms with Gasteiger partial charge in [-0.15, -0.1) is 9.66 Å². The third-order valence-corrected chi connectivity index (χ3v) is 2.77. The van der Waals surface area contributed by atoms with Crippen LogP contribution in [0.1, 0.15) is 0 Å². The SMILES string of the molecule is NC(=O)S(=O)(=O)NNS(=O)(=O)C(N)=O. The largest absolute Gasteiger partial charge is 0.355 e. The highest BCUT2D eigenvalue weighted by Crippen LogP contribution is 1.84. The molecule has 0 aromatic rings. The number of hydrogen-bond donors (Lipinski definition) is 4. The first kappa shape index (κ1) is 12.8. The smallest absolute Gasteiger partial charge is 0.350 e. The fourth-order valence-electron chi connectivity index (χ4n) is 0.210. The van der Waals surface area contributed by atoms with Gasteiger partial charge in [0.25, 0.3) is 0 Å². The molecule has 2 amide bonds. The van der Waals surface area contributed by atoms with E-state index in [9.17, 15) is 26.4 Å². The van der Waals surface area contributed by atoms with Crippen LogP contribution in [0, 0.1) is 0 Å². The molecule has 0 aromatic heterocycles. The molecule has 82 valence electrons. The molecule has 0 aliphatic heterocycles. The van der Waals surface area contributed by atoms with Gasteiger partial charge in [0, 0.05) is 0 Å². The summed E-state index contributed by atoms with van der Waals surface area (Å²) < 4.78 is 42.1. The lowest BCUT2D eigenvalue weighted by Crippen LogP contribution is -2.49. The third kappa shape index (κ3) is 3.25. The summed E-state index contributed by atoms with van der Waals surface area (Å²) in [6.07, 6.45) is 0. The number of sulfonamides is 2. The minimum Gasteiger partial charge on any atom is -0.355 e. The Kier molecular flexibility index (Phi) is 3.53. The minimum atomic E-state index is -4.67. The Labute approximate surface area is 78.7 Å². The molecule has 0 aromatic carbocycles. The summed E-state index contributed by atoms with van der Waals surface area (Å²) in [5.74, 6) is 0. The van der Waals surface area contributed by atoms with Gasteiger partial charge in [-0.2, -0.15) is 0 Å². The fourth-order valence-corrected chi connectivity index (χ4v) is 1.29. The number of primary amides is 2. The van der Waals surface area contributed by atoms with E-state index in [0.717, 1.165) is 9.66 Å². The van der Waals surface area contributed by atoms with Crippen LogP contribution < -0.4 is 21.1 Å². The first-order valence-corrected chi connectivity index (χ1v) is 5.69. The summed E-state index contributed by atoms with van der Waals surface area (Å²) in [4.78, 5) is 22.3. The van der Waals surface area contributed by atoms with Crippen molar-refractivity contribution in [1.82, 2.24) is 9.66 Å². The van der Waals surface area contributed by atoms with Crippen LogP contribution in [0.4, 0.5) is 9.59 Å². The van der Waals surface area contributed by atoms with E-state index in [1.807, 2.05) is 0 Å². The van der Waals surface area contributed by atoms with E-state index in [0.29, 0.717) is 0 Å². The number of hydrazine groups is 1. The summed E-state index contributed by atoms with van der Waals surface area (Å²) >= 11 is 0. The molecular formula is C2H6N4O6S2. The Morgan fingerprint density at radius 2 is 1.00 bits per heavy atom. The van der Waals surface area contributed by atoms with Crippen molar-refractivity contribution in [2.24, 2.45) is 11.5 Å². The summed E-state index contributed by atoms with van der Waals surface area (Å²) in [6, 6.07) is 0. The number of nitrogens with two attached hydrogens (primary N) is 2. The Balaban J connectivity index is 4.67. The van der Waals surface area contributed by atoms with Crippen molar-refractivity contribution in [1.29, 1.82) is 0 Å². The van der Waals surface area contributed by atoms with Crippen LogP contribution in [-0.4, -0.2) is 27.3 Å². The van der Waals surface area contributed by atoms with E-state index in [1.165, 1.54) is 0 Å². The van der Waals surface area contributed by atoms with Crippen molar-refractivity contribution >= 4 is 30.5 Å². The van der Waals surface area contributed by atoms with Crippen LogP contribution in [0.15, 0.2) is 0 Å². The first-order chi connectivity index (χ1) is 6.09. The fraction of sp³-hybridized carbons (Fsp3) is 0. The predicted molar refractivity (Wildman–Crippen MR) is 43.3 cm³/mol. The second kappa shape index (κ2) is 3.87. The zero-order chi connectivity index (χ0) is 11.6. The Hall–Kier alpha value is -1.24. The second-order valence-corrected chi connectivity index (χ2v) is 5.08. The molecule has 10 nitrogen and oxygen atoms in total. The van der Waals surface area contributed by atoms with Crippen molar-refractivity contribution in [3.8, 4) is 0 Å². The van der Waals surface area contributed by atoms with Gasteiger partial charge >= 0.3 is 30.5 Å². The monoisotopic (exact) mass is 246 g/mol. The molecule has 0 radical (unpaired) electrons. The maximum absolute atomic E-state index is 10.5. The predicted octanol–water partition coefficient (Wildman–Crippen LogP) is -3.10. The summed E-state index contributed by atoms with van der Waals surface area (Å²) in [5.41, 5.74) is 8.67. The van der Waals surface area contributed by atoms with Gasteiger partial charge in [-0.25, -0.2) is 16.8 Å². The van der Waals surface area contributed by atoms with Crippen molar-refractivity contribution in [2.45, 2.75) is 0 Å².